The number of hydrogen-bond acceptors (Lipinski definition) is 5. The molecule has 0 aliphatic carbocycles. The summed E-state index contributed by atoms with van der Waals surface area (Å²) in [6.07, 6.45) is 5.66. The Morgan fingerprint density at radius 2 is 1.92 bits per heavy atom. The Morgan fingerprint density at radius 1 is 1.19 bits per heavy atom. The van der Waals surface area contributed by atoms with Gasteiger partial charge in [0.1, 0.15) is 0 Å². The molecular weight excluding hydrogens is 354 g/mol. The first-order chi connectivity index (χ1) is 12.4. The van der Waals surface area contributed by atoms with E-state index in [2.05, 4.69) is 9.84 Å². The Morgan fingerprint density at radius 3 is 2.62 bits per heavy atom. The van der Waals surface area contributed by atoms with Gasteiger partial charge in [0.25, 0.3) is 0 Å². The summed E-state index contributed by atoms with van der Waals surface area (Å²) in [7, 11) is -0.418. The maximum Gasteiger partial charge on any atom is 0.305 e. The number of rotatable bonds is 10. The van der Waals surface area contributed by atoms with Gasteiger partial charge in [0, 0.05) is 31.8 Å². The van der Waals surface area contributed by atoms with Gasteiger partial charge in [-0.15, -0.1) is 0 Å². The standard InChI is InChI=1S/C18H25N3O4S/c1-20(26(23,24)12-8-4-7-11-18(22)25-2)14-16-13-19-21(15-16)17-9-5-3-6-10-17/h3,5-6,9-10,13,15H,4,7-8,11-12,14H2,1-2H3. The minimum Gasteiger partial charge on any atom is -0.469 e. The van der Waals surface area contributed by atoms with Crippen LogP contribution in [-0.4, -0.2) is 48.4 Å². The molecule has 2 rings (SSSR count). The van der Waals surface area contributed by atoms with Crippen LogP contribution in [0.1, 0.15) is 31.2 Å². The van der Waals surface area contributed by atoms with E-state index < -0.39 is 10.0 Å². The summed E-state index contributed by atoms with van der Waals surface area (Å²) < 4.78 is 32.4. The van der Waals surface area contributed by atoms with Crippen LogP contribution in [-0.2, 0) is 26.1 Å². The maximum absolute atomic E-state index is 12.4. The van der Waals surface area contributed by atoms with E-state index in [4.69, 9.17) is 0 Å². The van der Waals surface area contributed by atoms with E-state index in [1.165, 1.54) is 11.4 Å². The lowest BCUT2D eigenvalue weighted by Gasteiger charge is -2.16. The van der Waals surface area contributed by atoms with Crippen molar-refractivity contribution in [1.82, 2.24) is 14.1 Å². The van der Waals surface area contributed by atoms with Crippen LogP contribution in [0.15, 0.2) is 42.7 Å². The predicted octanol–water partition coefficient (Wildman–Crippen LogP) is 2.37. The van der Waals surface area contributed by atoms with Crippen molar-refractivity contribution in [2.24, 2.45) is 0 Å². The van der Waals surface area contributed by atoms with Crippen LogP contribution >= 0.6 is 0 Å². The van der Waals surface area contributed by atoms with Crippen molar-refractivity contribution in [3.63, 3.8) is 0 Å². The topological polar surface area (TPSA) is 81.5 Å². The molecule has 0 spiro atoms. The fourth-order valence-electron chi connectivity index (χ4n) is 2.51. The Kier molecular flexibility index (Phi) is 7.35. The molecule has 0 saturated carbocycles. The Hall–Kier alpha value is -2.19. The normalized spacial score (nSPS) is 11.7. The number of ether oxygens (including phenoxy) is 1. The predicted molar refractivity (Wildman–Crippen MR) is 99.3 cm³/mol. The lowest BCUT2D eigenvalue weighted by molar-refractivity contribution is -0.140. The highest BCUT2D eigenvalue weighted by atomic mass is 32.2. The molecule has 26 heavy (non-hydrogen) atoms. The third-order valence-electron chi connectivity index (χ3n) is 4.05. The third-order valence-corrected chi connectivity index (χ3v) is 5.93. The van der Waals surface area contributed by atoms with Gasteiger partial charge in [0.15, 0.2) is 0 Å². The van der Waals surface area contributed by atoms with Gasteiger partial charge >= 0.3 is 5.97 Å². The summed E-state index contributed by atoms with van der Waals surface area (Å²) in [5, 5.41) is 4.28. The molecular formula is C18H25N3O4S. The molecule has 0 aliphatic heterocycles. The first-order valence-corrected chi connectivity index (χ1v) is 10.1. The van der Waals surface area contributed by atoms with Gasteiger partial charge in [0.2, 0.25) is 10.0 Å². The number of carbonyl (C=O) groups excluding carboxylic acids is 1. The van der Waals surface area contributed by atoms with Gasteiger partial charge in [-0.1, -0.05) is 24.6 Å². The molecule has 0 unspecified atom stereocenters. The fourth-order valence-corrected chi connectivity index (χ4v) is 3.73. The molecule has 0 atom stereocenters. The van der Waals surface area contributed by atoms with Crippen molar-refractivity contribution in [2.45, 2.75) is 32.2 Å². The summed E-state index contributed by atoms with van der Waals surface area (Å²) in [6, 6.07) is 9.65. The number of aromatic nitrogens is 2. The molecule has 0 fully saturated rings. The van der Waals surface area contributed by atoms with Crippen LogP contribution in [0, 0.1) is 0 Å². The molecule has 0 bridgehead atoms. The van der Waals surface area contributed by atoms with Crippen molar-refractivity contribution in [1.29, 1.82) is 0 Å². The summed E-state index contributed by atoms with van der Waals surface area (Å²) in [6.45, 7) is 0.275. The van der Waals surface area contributed by atoms with E-state index in [9.17, 15) is 13.2 Å². The first-order valence-electron chi connectivity index (χ1n) is 8.52. The van der Waals surface area contributed by atoms with Crippen molar-refractivity contribution < 1.29 is 17.9 Å². The van der Waals surface area contributed by atoms with Crippen molar-refractivity contribution in [3.05, 3.63) is 48.3 Å². The molecule has 2 aromatic rings. The minimum absolute atomic E-state index is 0.0670. The smallest absolute Gasteiger partial charge is 0.305 e. The maximum atomic E-state index is 12.4. The largest absolute Gasteiger partial charge is 0.469 e. The first kappa shape index (κ1) is 20.1. The molecule has 142 valence electrons. The van der Waals surface area contributed by atoms with Gasteiger partial charge in [0.05, 0.1) is 24.7 Å². The highest BCUT2D eigenvalue weighted by Crippen LogP contribution is 2.12. The average molecular weight is 379 g/mol. The van der Waals surface area contributed by atoms with E-state index in [0.717, 1.165) is 11.3 Å². The second kappa shape index (κ2) is 9.49. The fraction of sp³-hybridized carbons (Fsp3) is 0.444. The van der Waals surface area contributed by atoms with Gasteiger partial charge in [-0.25, -0.2) is 17.4 Å². The number of nitrogens with zero attached hydrogens (tertiary/aromatic N) is 3. The summed E-state index contributed by atoms with van der Waals surface area (Å²) in [5.74, 6) is -0.197. The van der Waals surface area contributed by atoms with Crippen LogP contribution < -0.4 is 0 Å². The number of benzene rings is 1. The second-order valence-corrected chi connectivity index (χ2v) is 8.28. The molecule has 7 nitrogen and oxygen atoms in total. The molecule has 0 aliphatic rings. The molecule has 0 saturated heterocycles. The summed E-state index contributed by atoms with van der Waals surface area (Å²) in [4.78, 5) is 11.0. The number of methoxy groups -OCH3 is 1. The van der Waals surface area contributed by atoms with E-state index in [1.807, 2.05) is 36.5 Å². The van der Waals surface area contributed by atoms with Crippen molar-refractivity contribution in [2.75, 3.05) is 19.9 Å². The number of carbonyl (C=O) groups is 1. The monoisotopic (exact) mass is 379 g/mol. The van der Waals surface area contributed by atoms with Crippen molar-refractivity contribution in [3.8, 4) is 5.69 Å². The molecule has 1 heterocycles. The number of sulfonamides is 1. The minimum atomic E-state index is -3.34. The lowest BCUT2D eigenvalue weighted by Crippen LogP contribution is -2.28. The summed E-state index contributed by atoms with van der Waals surface area (Å²) >= 11 is 0. The van der Waals surface area contributed by atoms with E-state index in [-0.39, 0.29) is 18.3 Å². The average Bonchev–Trinajstić information content (AvgIpc) is 3.10. The molecule has 1 aromatic carbocycles. The summed E-state index contributed by atoms with van der Waals surface area (Å²) in [5.41, 5.74) is 1.75. The quantitative estimate of drug-likeness (QED) is 0.468. The molecule has 0 amide bonds. The van der Waals surface area contributed by atoms with E-state index >= 15 is 0 Å². The molecule has 0 N–H and O–H groups in total. The van der Waals surface area contributed by atoms with E-state index in [1.54, 1.807) is 17.9 Å². The number of unbranched alkanes of at least 4 members (excludes halogenated alkanes) is 2. The van der Waals surface area contributed by atoms with Crippen LogP contribution in [0.2, 0.25) is 0 Å². The van der Waals surface area contributed by atoms with Crippen LogP contribution in [0.5, 0.6) is 0 Å². The Bertz CT molecular complexity index is 803. The SMILES string of the molecule is COC(=O)CCCCCS(=O)(=O)N(C)Cc1cnn(-c2ccccc2)c1. The van der Waals surface area contributed by atoms with E-state index in [0.29, 0.717) is 25.7 Å². The third kappa shape index (κ3) is 5.96. The lowest BCUT2D eigenvalue weighted by atomic mass is 10.2. The zero-order valence-corrected chi connectivity index (χ0v) is 16.0. The van der Waals surface area contributed by atoms with Gasteiger partial charge < -0.3 is 4.74 Å². The van der Waals surface area contributed by atoms with Crippen LogP contribution in [0.25, 0.3) is 5.69 Å². The van der Waals surface area contributed by atoms with Gasteiger partial charge in [-0.2, -0.15) is 5.10 Å². The Labute approximate surface area is 154 Å². The highest BCUT2D eigenvalue weighted by molar-refractivity contribution is 7.89. The number of esters is 1. The molecule has 0 radical (unpaired) electrons. The van der Waals surface area contributed by atoms with Crippen LogP contribution in [0.4, 0.5) is 0 Å². The second-order valence-electron chi connectivity index (χ2n) is 6.09. The van der Waals surface area contributed by atoms with Gasteiger partial charge in [-0.05, 0) is 25.0 Å². The van der Waals surface area contributed by atoms with Gasteiger partial charge in [-0.3, -0.25) is 4.79 Å². The highest BCUT2D eigenvalue weighted by Gasteiger charge is 2.18. The zero-order valence-electron chi connectivity index (χ0n) is 15.2. The number of para-hydroxylation sites is 1. The van der Waals surface area contributed by atoms with Crippen LogP contribution in [0.3, 0.4) is 0 Å². The molecule has 8 heteroatoms. The van der Waals surface area contributed by atoms with Crippen molar-refractivity contribution >= 4 is 16.0 Å². The number of hydrogen-bond donors (Lipinski definition) is 0. The Balaban J connectivity index is 1.83. The molecule has 1 aromatic heterocycles. The zero-order chi connectivity index (χ0) is 19.0.